The average molecular weight is 404 g/mol. The highest BCUT2D eigenvalue weighted by Gasteiger charge is 2.28. The quantitative estimate of drug-likeness (QED) is 0.665. The minimum atomic E-state index is -2.84. The van der Waals surface area contributed by atoms with Crippen molar-refractivity contribution in [1.29, 1.82) is 0 Å². The van der Waals surface area contributed by atoms with Crippen LogP contribution in [0.15, 0.2) is 48.5 Å². The van der Waals surface area contributed by atoms with Crippen molar-refractivity contribution < 1.29 is 23.0 Å². The lowest BCUT2D eigenvalue weighted by Gasteiger charge is -2.27. The molecule has 1 heterocycles. The Bertz CT molecular complexity index is 797. The topological polar surface area (TPSA) is 42.0 Å². The molecule has 1 unspecified atom stereocenters. The Morgan fingerprint density at radius 2 is 1.79 bits per heavy atom. The molecule has 1 aliphatic rings. The van der Waals surface area contributed by atoms with E-state index in [0.29, 0.717) is 13.1 Å². The van der Waals surface area contributed by atoms with Crippen LogP contribution >= 0.6 is 0 Å². The van der Waals surface area contributed by atoms with Crippen molar-refractivity contribution in [3.05, 3.63) is 59.7 Å². The van der Waals surface area contributed by atoms with Gasteiger partial charge in [-0.3, -0.25) is 9.69 Å². The molecular weight excluding hydrogens is 378 g/mol. The molecule has 2 aromatic rings. The van der Waals surface area contributed by atoms with Crippen LogP contribution < -0.4 is 9.47 Å². The number of carbonyl (C=O) groups excluding carboxylic acids is 1. The minimum absolute atomic E-state index is 0.0262. The van der Waals surface area contributed by atoms with E-state index in [4.69, 9.17) is 4.74 Å². The maximum atomic E-state index is 12.7. The number of hydrogen-bond donors (Lipinski definition) is 0. The van der Waals surface area contributed by atoms with Gasteiger partial charge >= 0.3 is 6.61 Å². The maximum absolute atomic E-state index is 12.7. The summed E-state index contributed by atoms with van der Waals surface area (Å²) in [7, 11) is 3.40. The third kappa shape index (κ3) is 5.67. The lowest BCUT2D eigenvalue weighted by Crippen LogP contribution is -2.37. The zero-order valence-corrected chi connectivity index (χ0v) is 16.7. The SMILES string of the molecule is COc1ccc(C2CCCN2CC(=O)N(C)Cc2ccc(OC(F)F)cc2)cc1. The fourth-order valence-electron chi connectivity index (χ4n) is 3.65. The van der Waals surface area contributed by atoms with Crippen LogP contribution in [0.5, 0.6) is 11.5 Å². The van der Waals surface area contributed by atoms with Crippen LogP contribution in [0.4, 0.5) is 8.78 Å². The second-order valence-corrected chi connectivity index (χ2v) is 7.17. The van der Waals surface area contributed by atoms with Gasteiger partial charge in [0.1, 0.15) is 11.5 Å². The van der Waals surface area contributed by atoms with E-state index in [2.05, 4.69) is 21.8 Å². The number of benzene rings is 2. The predicted octanol–water partition coefficient (Wildman–Crippen LogP) is 4.09. The molecule has 0 saturated carbocycles. The van der Waals surface area contributed by atoms with E-state index in [1.54, 1.807) is 31.2 Å². The Balaban J connectivity index is 1.56. The van der Waals surface area contributed by atoms with Crippen LogP contribution in [0.25, 0.3) is 0 Å². The molecule has 7 heteroatoms. The molecule has 0 bridgehead atoms. The first-order chi connectivity index (χ1) is 14.0. The van der Waals surface area contributed by atoms with E-state index in [9.17, 15) is 13.6 Å². The highest BCUT2D eigenvalue weighted by Crippen LogP contribution is 2.32. The fourth-order valence-corrected chi connectivity index (χ4v) is 3.65. The van der Waals surface area contributed by atoms with Crippen molar-refractivity contribution in [3.8, 4) is 11.5 Å². The molecule has 1 fully saturated rings. The Morgan fingerprint density at radius 3 is 2.41 bits per heavy atom. The molecule has 0 radical (unpaired) electrons. The van der Waals surface area contributed by atoms with Gasteiger partial charge in [0.05, 0.1) is 13.7 Å². The molecule has 29 heavy (non-hydrogen) atoms. The summed E-state index contributed by atoms with van der Waals surface area (Å²) >= 11 is 0. The van der Waals surface area contributed by atoms with Crippen LogP contribution in [0, 0.1) is 0 Å². The van der Waals surface area contributed by atoms with Gasteiger partial charge in [-0.1, -0.05) is 24.3 Å². The van der Waals surface area contributed by atoms with Gasteiger partial charge in [-0.25, -0.2) is 0 Å². The Morgan fingerprint density at radius 1 is 1.14 bits per heavy atom. The maximum Gasteiger partial charge on any atom is 0.387 e. The molecule has 0 N–H and O–H groups in total. The molecule has 2 aromatic carbocycles. The number of carbonyl (C=O) groups is 1. The van der Waals surface area contributed by atoms with Crippen LogP contribution in [-0.2, 0) is 11.3 Å². The first-order valence-electron chi connectivity index (χ1n) is 9.62. The number of halogens is 2. The molecule has 3 rings (SSSR count). The highest BCUT2D eigenvalue weighted by atomic mass is 19.3. The number of likely N-dealkylation sites (tertiary alicyclic amines) is 1. The number of amides is 1. The number of methoxy groups -OCH3 is 1. The number of nitrogens with zero attached hydrogens (tertiary/aromatic N) is 2. The van der Waals surface area contributed by atoms with Crippen LogP contribution in [0.1, 0.15) is 30.0 Å². The van der Waals surface area contributed by atoms with Gasteiger partial charge in [0, 0.05) is 19.6 Å². The summed E-state index contributed by atoms with van der Waals surface area (Å²) < 4.78 is 34.0. The molecule has 5 nitrogen and oxygen atoms in total. The van der Waals surface area contributed by atoms with Gasteiger partial charge in [-0.15, -0.1) is 0 Å². The number of ether oxygens (including phenoxy) is 2. The van der Waals surface area contributed by atoms with Gasteiger partial charge < -0.3 is 14.4 Å². The zero-order valence-electron chi connectivity index (χ0n) is 16.7. The molecule has 1 amide bonds. The lowest BCUT2D eigenvalue weighted by atomic mass is 10.0. The summed E-state index contributed by atoms with van der Waals surface area (Å²) in [6.07, 6.45) is 2.08. The summed E-state index contributed by atoms with van der Waals surface area (Å²) in [4.78, 5) is 16.6. The number of hydrogen-bond acceptors (Lipinski definition) is 4. The van der Waals surface area contributed by atoms with Crippen molar-refractivity contribution in [2.45, 2.75) is 32.0 Å². The normalized spacial score (nSPS) is 16.8. The number of alkyl halides is 2. The summed E-state index contributed by atoms with van der Waals surface area (Å²) in [5, 5.41) is 0. The molecular formula is C22H26F2N2O3. The van der Waals surface area contributed by atoms with Gasteiger partial charge in [-0.2, -0.15) is 8.78 Å². The second-order valence-electron chi connectivity index (χ2n) is 7.17. The molecule has 156 valence electrons. The monoisotopic (exact) mass is 404 g/mol. The van der Waals surface area contributed by atoms with E-state index >= 15 is 0 Å². The van der Waals surface area contributed by atoms with Crippen LogP contribution in [-0.4, -0.2) is 49.6 Å². The Labute approximate surface area is 169 Å². The van der Waals surface area contributed by atoms with E-state index in [1.165, 1.54) is 17.7 Å². The summed E-state index contributed by atoms with van der Waals surface area (Å²) in [6.45, 7) is -1.20. The molecule has 0 aromatic heterocycles. The van der Waals surface area contributed by atoms with Crippen molar-refractivity contribution in [1.82, 2.24) is 9.80 Å². The molecule has 0 aliphatic carbocycles. The van der Waals surface area contributed by atoms with E-state index < -0.39 is 6.61 Å². The van der Waals surface area contributed by atoms with Gasteiger partial charge in [0.25, 0.3) is 0 Å². The standard InChI is InChI=1S/C22H26F2N2O3/c1-25(14-16-5-9-19(10-6-16)29-22(23)24)21(27)15-26-13-3-4-20(26)17-7-11-18(28-2)12-8-17/h5-12,20,22H,3-4,13-15H2,1-2H3. The minimum Gasteiger partial charge on any atom is -0.497 e. The van der Waals surface area contributed by atoms with Gasteiger partial charge in [0.15, 0.2) is 0 Å². The Hall–Kier alpha value is -2.67. The fraction of sp³-hybridized carbons (Fsp3) is 0.409. The molecule has 1 saturated heterocycles. The zero-order chi connectivity index (χ0) is 20.8. The van der Waals surface area contributed by atoms with E-state index in [-0.39, 0.29) is 17.7 Å². The third-order valence-electron chi connectivity index (χ3n) is 5.20. The first kappa shape index (κ1) is 21.0. The smallest absolute Gasteiger partial charge is 0.387 e. The van der Waals surface area contributed by atoms with Crippen molar-refractivity contribution >= 4 is 5.91 Å². The van der Waals surface area contributed by atoms with Crippen molar-refractivity contribution in [3.63, 3.8) is 0 Å². The third-order valence-corrected chi connectivity index (χ3v) is 5.20. The highest BCUT2D eigenvalue weighted by molar-refractivity contribution is 5.78. The van der Waals surface area contributed by atoms with E-state index in [1.807, 2.05) is 12.1 Å². The number of rotatable bonds is 8. The molecule has 1 aliphatic heterocycles. The molecule has 0 spiro atoms. The number of likely N-dealkylation sites (N-methyl/N-ethyl adjacent to an activating group) is 1. The van der Waals surface area contributed by atoms with Gasteiger partial charge in [0.2, 0.25) is 5.91 Å². The van der Waals surface area contributed by atoms with Crippen LogP contribution in [0.3, 0.4) is 0 Å². The van der Waals surface area contributed by atoms with Crippen molar-refractivity contribution in [2.24, 2.45) is 0 Å². The first-order valence-corrected chi connectivity index (χ1v) is 9.62. The van der Waals surface area contributed by atoms with E-state index in [0.717, 1.165) is 30.7 Å². The molecule has 1 atom stereocenters. The predicted molar refractivity (Wildman–Crippen MR) is 106 cm³/mol. The Kier molecular flexibility index (Phi) is 7.04. The summed E-state index contributed by atoms with van der Waals surface area (Å²) in [5.41, 5.74) is 2.05. The summed E-state index contributed by atoms with van der Waals surface area (Å²) in [6, 6.07) is 14.6. The van der Waals surface area contributed by atoms with Crippen LogP contribution in [0.2, 0.25) is 0 Å². The lowest BCUT2D eigenvalue weighted by molar-refractivity contribution is -0.131. The van der Waals surface area contributed by atoms with Crippen molar-refractivity contribution in [2.75, 3.05) is 27.2 Å². The average Bonchev–Trinajstić information content (AvgIpc) is 3.17. The largest absolute Gasteiger partial charge is 0.497 e. The second kappa shape index (κ2) is 9.69. The van der Waals surface area contributed by atoms with Gasteiger partial charge in [-0.05, 0) is 54.8 Å². The summed E-state index contributed by atoms with van der Waals surface area (Å²) in [5.74, 6) is 0.953.